The molecule has 0 aliphatic carbocycles. The number of rotatable bonds is 4. The Hall–Kier alpha value is -0.860. The first-order valence-electron chi connectivity index (χ1n) is 4.92. The Balaban J connectivity index is 2.78. The van der Waals surface area contributed by atoms with Gasteiger partial charge in [0, 0.05) is 7.11 Å². The van der Waals surface area contributed by atoms with Crippen molar-refractivity contribution in [3.05, 3.63) is 35.9 Å². The Bertz CT molecular complexity index is 256. The third-order valence-electron chi connectivity index (χ3n) is 2.38. The Morgan fingerprint density at radius 2 is 1.71 bits per heavy atom. The first-order valence-corrected chi connectivity index (χ1v) is 4.92. The summed E-state index contributed by atoms with van der Waals surface area (Å²) in [7, 11) is 1.64. The topological polar surface area (TPSA) is 29.5 Å². The van der Waals surface area contributed by atoms with Crippen molar-refractivity contribution in [1.29, 1.82) is 0 Å². The molecule has 14 heavy (non-hydrogen) atoms. The zero-order chi connectivity index (χ0) is 10.6. The molecule has 2 unspecified atom stereocenters. The van der Waals surface area contributed by atoms with E-state index in [9.17, 15) is 5.11 Å². The summed E-state index contributed by atoms with van der Waals surface area (Å²) < 4.78 is 5.28. The lowest BCUT2D eigenvalue weighted by Gasteiger charge is -2.25. The Kier molecular flexibility index (Phi) is 4.11. The van der Waals surface area contributed by atoms with Gasteiger partial charge in [-0.05, 0) is 11.5 Å². The fourth-order valence-corrected chi connectivity index (χ4v) is 1.61. The molecule has 0 saturated carbocycles. The summed E-state index contributed by atoms with van der Waals surface area (Å²) in [6, 6.07) is 9.61. The van der Waals surface area contributed by atoms with Gasteiger partial charge in [-0.25, -0.2) is 0 Å². The highest BCUT2D eigenvalue weighted by molar-refractivity contribution is 5.18. The number of benzene rings is 1. The maximum atomic E-state index is 10.0. The van der Waals surface area contributed by atoms with Crippen molar-refractivity contribution >= 4 is 0 Å². The average Bonchev–Trinajstić information content (AvgIpc) is 2.19. The van der Waals surface area contributed by atoms with Gasteiger partial charge >= 0.3 is 0 Å². The predicted octanol–water partition coefficient (Wildman–Crippen LogP) is 2.39. The smallest absolute Gasteiger partial charge is 0.105 e. The van der Waals surface area contributed by atoms with Crippen LogP contribution in [-0.2, 0) is 4.74 Å². The van der Waals surface area contributed by atoms with E-state index in [1.54, 1.807) is 7.11 Å². The van der Waals surface area contributed by atoms with Crippen LogP contribution in [-0.4, -0.2) is 18.3 Å². The maximum Gasteiger partial charge on any atom is 0.105 e. The number of aliphatic hydroxyl groups is 1. The minimum absolute atomic E-state index is 0.141. The van der Waals surface area contributed by atoms with Gasteiger partial charge in [0.15, 0.2) is 0 Å². The van der Waals surface area contributed by atoms with Crippen LogP contribution in [0.25, 0.3) is 0 Å². The molecule has 2 atom stereocenters. The van der Waals surface area contributed by atoms with Crippen molar-refractivity contribution in [2.45, 2.75) is 26.1 Å². The molecule has 1 aromatic carbocycles. The molecular formula is C12H18O2. The second-order valence-electron chi connectivity index (χ2n) is 3.80. The minimum Gasteiger partial charge on any atom is -0.386 e. The van der Waals surface area contributed by atoms with Gasteiger partial charge < -0.3 is 9.84 Å². The van der Waals surface area contributed by atoms with Gasteiger partial charge in [-0.3, -0.25) is 0 Å². The quantitative estimate of drug-likeness (QED) is 0.797. The van der Waals surface area contributed by atoms with Crippen LogP contribution in [0.15, 0.2) is 30.3 Å². The molecule has 2 nitrogen and oxygen atoms in total. The normalized spacial score (nSPS) is 15.5. The first kappa shape index (κ1) is 11.2. The van der Waals surface area contributed by atoms with Crippen LogP contribution in [0.1, 0.15) is 25.5 Å². The summed E-state index contributed by atoms with van der Waals surface area (Å²) in [5.41, 5.74) is 0.910. The fraction of sp³-hybridized carbons (Fsp3) is 0.500. The van der Waals surface area contributed by atoms with Gasteiger partial charge in [-0.15, -0.1) is 0 Å². The highest BCUT2D eigenvalue weighted by Crippen LogP contribution is 2.23. The van der Waals surface area contributed by atoms with E-state index in [2.05, 4.69) is 0 Å². The van der Waals surface area contributed by atoms with Gasteiger partial charge in [-0.2, -0.15) is 0 Å². The molecule has 0 saturated heterocycles. The molecule has 0 fully saturated rings. The van der Waals surface area contributed by atoms with E-state index in [1.807, 2.05) is 44.2 Å². The molecule has 0 aliphatic heterocycles. The second kappa shape index (κ2) is 5.13. The highest BCUT2D eigenvalue weighted by atomic mass is 16.5. The zero-order valence-electron chi connectivity index (χ0n) is 8.97. The molecule has 1 N–H and O–H groups in total. The average molecular weight is 194 g/mol. The largest absolute Gasteiger partial charge is 0.386 e. The van der Waals surface area contributed by atoms with Crippen LogP contribution in [0.4, 0.5) is 0 Å². The molecule has 0 radical (unpaired) electrons. The summed E-state index contributed by atoms with van der Waals surface area (Å²) in [6.07, 6.45) is -0.682. The number of hydrogen-bond acceptors (Lipinski definition) is 2. The number of aliphatic hydroxyl groups excluding tert-OH is 1. The van der Waals surface area contributed by atoms with Crippen molar-refractivity contribution in [3.8, 4) is 0 Å². The minimum atomic E-state index is -0.541. The van der Waals surface area contributed by atoms with Gasteiger partial charge in [0.05, 0.1) is 6.10 Å². The SMILES string of the molecule is COC(C(C)C)C(O)c1ccccc1. The molecule has 78 valence electrons. The molecule has 0 aromatic heterocycles. The third-order valence-corrected chi connectivity index (χ3v) is 2.38. The van der Waals surface area contributed by atoms with Crippen molar-refractivity contribution in [2.75, 3.05) is 7.11 Å². The standard InChI is InChI=1S/C12H18O2/c1-9(2)12(14-3)11(13)10-7-5-4-6-8-10/h4-9,11-13H,1-3H3. The van der Waals surface area contributed by atoms with Crippen molar-refractivity contribution < 1.29 is 9.84 Å². The first-order chi connectivity index (χ1) is 6.66. The summed E-state index contributed by atoms with van der Waals surface area (Å²) in [5.74, 6) is 0.301. The van der Waals surface area contributed by atoms with E-state index in [1.165, 1.54) is 0 Å². The Morgan fingerprint density at radius 1 is 1.14 bits per heavy atom. The maximum absolute atomic E-state index is 10.0. The van der Waals surface area contributed by atoms with Crippen LogP contribution in [0.5, 0.6) is 0 Å². The molecule has 0 bridgehead atoms. The highest BCUT2D eigenvalue weighted by Gasteiger charge is 2.23. The molecule has 1 rings (SSSR count). The van der Waals surface area contributed by atoms with Gasteiger partial charge in [0.1, 0.15) is 6.10 Å². The van der Waals surface area contributed by atoms with Crippen LogP contribution >= 0.6 is 0 Å². The fourth-order valence-electron chi connectivity index (χ4n) is 1.61. The number of methoxy groups -OCH3 is 1. The monoisotopic (exact) mass is 194 g/mol. The molecule has 2 heteroatoms. The lowest BCUT2D eigenvalue weighted by atomic mass is 9.96. The van der Waals surface area contributed by atoms with Crippen molar-refractivity contribution in [1.82, 2.24) is 0 Å². The second-order valence-corrected chi connectivity index (χ2v) is 3.80. The van der Waals surface area contributed by atoms with Crippen LogP contribution in [0.3, 0.4) is 0 Å². The van der Waals surface area contributed by atoms with Gasteiger partial charge in [-0.1, -0.05) is 44.2 Å². The molecule has 0 spiro atoms. The summed E-state index contributed by atoms with van der Waals surface area (Å²) in [6.45, 7) is 4.08. The van der Waals surface area contributed by atoms with Crippen LogP contribution in [0.2, 0.25) is 0 Å². The summed E-state index contributed by atoms with van der Waals surface area (Å²) >= 11 is 0. The van der Waals surface area contributed by atoms with Gasteiger partial charge in [0.25, 0.3) is 0 Å². The number of ether oxygens (including phenoxy) is 1. The van der Waals surface area contributed by atoms with E-state index < -0.39 is 6.10 Å². The van der Waals surface area contributed by atoms with E-state index in [-0.39, 0.29) is 6.10 Å². The zero-order valence-corrected chi connectivity index (χ0v) is 8.97. The summed E-state index contributed by atoms with van der Waals surface area (Å²) in [4.78, 5) is 0. The Morgan fingerprint density at radius 3 is 2.14 bits per heavy atom. The van der Waals surface area contributed by atoms with Crippen molar-refractivity contribution in [2.24, 2.45) is 5.92 Å². The van der Waals surface area contributed by atoms with Crippen LogP contribution in [0, 0.1) is 5.92 Å². The Labute approximate surface area is 85.5 Å². The van der Waals surface area contributed by atoms with E-state index in [4.69, 9.17) is 4.74 Å². The molecule has 0 aliphatic rings. The molecular weight excluding hydrogens is 176 g/mol. The van der Waals surface area contributed by atoms with Gasteiger partial charge in [0.2, 0.25) is 0 Å². The predicted molar refractivity (Wildman–Crippen MR) is 57.0 cm³/mol. The van der Waals surface area contributed by atoms with E-state index in [0.717, 1.165) is 5.56 Å². The van der Waals surface area contributed by atoms with Crippen LogP contribution < -0.4 is 0 Å². The van der Waals surface area contributed by atoms with E-state index >= 15 is 0 Å². The lowest BCUT2D eigenvalue weighted by molar-refractivity contribution is -0.0390. The molecule has 0 heterocycles. The van der Waals surface area contributed by atoms with E-state index in [0.29, 0.717) is 5.92 Å². The number of hydrogen-bond donors (Lipinski definition) is 1. The lowest BCUT2D eigenvalue weighted by Crippen LogP contribution is -2.26. The van der Waals surface area contributed by atoms with Crippen molar-refractivity contribution in [3.63, 3.8) is 0 Å². The third kappa shape index (κ3) is 2.56. The summed E-state index contributed by atoms with van der Waals surface area (Å²) in [5, 5.41) is 10.0. The molecule has 1 aromatic rings. The molecule has 0 amide bonds.